The molecule has 0 spiro atoms. The number of benzene rings is 1. The summed E-state index contributed by atoms with van der Waals surface area (Å²) in [5.74, 6) is 0.235. The van der Waals surface area contributed by atoms with Gasteiger partial charge in [0.15, 0.2) is 0 Å². The van der Waals surface area contributed by atoms with E-state index in [0.717, 1.165) is 38.0 Å². The zero-order valence-corrected chi connectivity index (χ0v) is 11.4. The molecule has 1 saturated heterocycles. The average Bonchev–Trinajstić information content (AvgIpc) is 2.42. The second-order valence-electron chi connectivity index (χ2n) is 4.97. The Bertz CT molecular complexity index is 426. The highest BCUT2D eigenvalue weighted by atomic mass is 16.5. The Morgan fingerprint density at radius 3 is 2.84 bits per heavy atom. The number of hydrogen-bond acceptors (Lipinski definition) is 4. The second kappa shape index (κ2) is 6.68. The molecule has 1 fully saturated rings. The van der Waals surface area contributed by atoms with Gasteiger partial charge in [0, 0.05) is 25.2 Å². The second-order valence-corrected chi connectivity index (χ2v) is 4.97. The summed E-state index contributed by atoms with van der Waals surface area (Å²) in [7, 11) is 0. The summed E-state index contributed by atoms with van der Waals surface area (Å²) in [6, 6.07) is 7.97. The van der Waals surface area contributed by atoms with Gasteiger partial charge in [-0.3, -0.25) is 10.3 Å². The van der Waals surface area contributed by atoms with Gasteiger partial charge in [0.25, 0.3) is 0 Å². The zero-order chi connectivity index (χ0) is 13.7. The molecule has 4 heteroatoms. The maximum absolute atomic E-state index is 9.50. The van der Waals surface area contributed by atoms with Crippen molar-refractivity contribution in [3.8, 4) is 0 Å². The van der Waals surface area contributed by atoms with Crippen LogP contribution in [0, 0.1) is 5.41 Å². The molecular formula is C15H22N2O2. The van der Waals surface area contributed by atoms with Crippen LogP contribution >= 0.6 is 0 Å². The Balaban J connectivity index is 1.97. The van der Waals surface area contributed by atoms with Gasteiger partial charge in [-0.25, -0.2) is 0 Å². The third-order valence-electron chi connectivity index (χ3n) is 3.44. The fourth-order valence-electron chi connectivity index (χ4n) is 2.37. The van der Waals surface area contributed by atoms with Crippen LogP contribution < -0.4 is 0 Å². The first kappa shape index (κ1) is 14.0. The number of likely N-dealkylation sites (tertiary alicyclic amines) is 1. The van der Waals surface area contributed by atoms with E-state index in [1.807, 2.05) is 25.1 Å². The molecule has 0 atom stereocenters. The first-order chi connectivity index (χ1) is 9.19. The van der Waals surface area contributed by atoms with Crippen LogP contribution in [0.15, 0.2) is 24.3 Å². The normalized spacial score (nSPS) is 17.4. The molecule has 0 amide bonds. The van der Waals surface area contributed by atoms with E-state index >= 15 is 0 Å². The topological polar surface area (TPSA) is 56.5 Å². The fraction of sp³-hybridized carbons (Fsp3) is 0.533. The molecule has 1 aromatic rings. The molecule has 0 unspecified atom stereocenters. The minimum Gasteiger partial charge on any atom is -0.478 e. The smallest absolute Gasteiger partial charge is 0.213 e. The van der Waals surface area contributed by atoms with Crippen molar-refractivity contribution in [3.05, 3.63) is 35.4 Å². The largest absolute Gasteiger partial charge is 0.478 e. The molecule has 4 nitrogen and oxygen atoms in total. The number of hydrogen-bond donors (Lipinski definition) is 2. The maximum atomic E-state index is 9.50. The number of aliphatic hydroxyl groups excluding tert-OH is 1. The number of ether oxygens (including phenoxy) is 1. The van der Waals surface area contributed by atoms with Gasteiger partial charge >= 0.3 is 0 Å². The lowest BCUT2D eigenvalue weighted by Gasteiger charge is -2.29. The minimum absolute atomic E-state index is 0.131. The first-order valence-electron chi connectivity index (χ1n) is 6.90. The quantitative estimate of drug-likeness (QED) is 0.644. The molecule has 0 aliphatic carbocycles. The number of piperidine rings is 1. The van der Waals surface area contributed by atoms with Crippen LogP contribution in [0.5, 0.6) is 0 Å². The lowest BCUT2D eigenvalue weighted by atomic mass is 10.1. The molecule has 1 aliphatic rings. The van der Waals surface area contributed by atoms with Gasteiger partial charge in [-0.1, -0.05) is 12.1 Å². The van der Waals surface area contributed by atoms with Crippen LogP contribution in [0.2, 0.25) is 0 Å². The van der Waals surface area contributed by atoms with Crippen molar-refractivity contribution in [1.82, 2.24) is 4.90 Å². The van der Waals surface area contributed by atoms with Crippen molar-refractivity contribution in [2.75, 3.05) is 19.7 Å². The highest BCUT2D eigenvalue weighted by Crippen LogP contribution is 2.15. The molecule has 19 heavy (non-hydrogen) atoms. The first-order valence-corrected chi connectivity index (χ1v) is 6.90. The Hall–Kier alpha value is -1.39. The van der Waals surface area contributed by atoms with Gasteiger partial charge in [0.05, 0.1) is 12.7 Å². The maximum Gasteiger partial charge on any atom is 0.213 e. The van der Waals surface area contributed by atoms with Crippen molar-refractivity contribution < 1.29 is 9.84 Å². The molecule has 1 aliphatic heterocycles. The van der Waals surface area contributed by atoms with E-state index in [0.29, 0.717) is 6.61 Å². The van der Waals surface area contributed by atoms with Crippen molar-refractivity contribution in [1.29, 1.82) is 5.41 Å². The molecule has 0 radical (unpaired) electrons. The Labute approximate surface area is 114 Å². The van der Waals surface area contributed by atoms with Crippen LogP contribution in [0.3, 0.4) is 0 Å². The standard InChI is InChI=1S/C15H22N2O2/c1-2-19-15(16)13-5-3-4-12(10-13)11-17-8-6-14(18)7-9-17/h3-5,10,14,16,18H,2,6-9,11H2,1H3. The lowest BCUT2D eigenvalue weighted by Crippen LogP contribution is -2.35. The van der Waals surface area contributed by atoms with Crippen LogP contribution in [0.1, 0.15) is 30.9 Å². The molecule has 2 N–H and O–H groups in total. The SMILES string of the molecule is CCOC(=N)c1cccc(CN2CCC(O)CC2)c1. The van der Waals surface area contributed by atoms with E-state index in [2.05, 4.69) is 11.0 Å². The number of nitrogens with zero attached hydrogens (tertiary/aromatic N) is 1. The Morgan fingerprint density at radius 2 is 2.16 bits per heavy atom. The zero-order valence-electron chi connectivity index (χ0n) is 11.4. The molecule has 0 saturated carbocycles. The number of rotatable bonds is 4. The van der Waals surface area contributed by atoms with Gasteiger partial charge < -0.3 is 9.84 Å². The minimum atomic E-state index is -0.131. The van der Waals surface area contributed by atoms with Crippen LogP contribution in [0.25, 0.3) is 0 Å². The molecule has 2 rings (SSSR count). The summed E-state index contributed by atoms with van der Waals surface area (Å²) in [6.45, 7) is 5.16. The van der Waals surface area contributed by atoms with Gasteiger partial charge in [-0.2, -0.15) is 0 Å². The number of nitrogens with one attached hydrogen (secondary N) is 1. The molecule has 104 valence electrons. The van der Waals surface area contributed by atoms with Crippen molar-refractivity contribution in [3.63, 3.8) is 0 Å². The van der Waals surface area contributed by atoms with Crippen molar-refractivity contribution >= 4 is 5.90 Å². The third kappa shape index (κ3) is 4.04. The van der Waals surface area contributed by atoms with Gasteiger partial charge in [0.2, 0.25) is 5.90 Å². The van der Waals surface area contributed by atoms with Gasteiger partial charge in [-0.15, -0.1) is 0 Å². The van der Waals surface area contributed by atoms with E-state index in [-0.39, 0.29) is 12.0 Å². The van der Waals surface area contributed by atoms with Gasteiger partial charge in [0.1, 0.15) is 0 Å². The van der Waals surface area contributed by atoms with Crippen LogP contribution in [0.4, 0.5) is 0 Å². The molecule has 0 bridgehead atoms. The van der Waals surface area contributed by atoms with Gasteiger partial charge in [-0.05, 0) is 37.5 Å². The predicted molar refractivity (Wildman–Crippen MR) is 75.4 cm³/mol. The van der Waals surface area contributed by atoms with Crippen molar-refractivity contribution in [2.45, 2.75) is 32.4 Å². The molecular weight excluding hydrogens is 240 g/mol. The Morgan fingerprint density at radius 1 is 1.42 bits per heavy atom. The van der Waals surface area contributed by atoms with E-state index < -0.39 is 0 Å². The summed E-state index contributed by atoms with van der Waals surface area (Å²) in [4.78, 5) is 2.34. The van der Waals surface area contributed by atoms with E-state index in [9.17, 15) is 5.11 Å². The van der Waals surface area contributed by atoms with Crippen LogP contribution in [-0.4, -0.2) is 41.7 Å². The van der Waals surface area contributed by atoms with E-state index in [1.165, 1.54) is 5.56 Å². The average molecular weight is 262 g/mol. The highest BCUT2D eigenvalue weighted by molar-refractivity contribution is 5.91. The fourth-order valence-corrected chi connectivity index (χ4v) is 2.37. The monoisotopic (exact) mass is 262 g/mol. The summed E-state index contributed by atoms with van der Waals surface area (Å²) in [5.41, 5.74) is 2.02. The van der Waals surface area contributed by atoms with E-state index in [4.69, 9.17) is 10.1 Å². The molecule has 0 aromatic heterocycles. The van der Waals surface area contributed by atoms with E-state index in [1.54, 1.807) is 0 Å². The summed E-state index contributed by atoms with van der Waals surface area (Å²) >= 11 is 0. The predicted octanol–water partition coefficient (Wildman–Crippen LogP) is 2.01. The lowest BCUT2D eigenvalue weighted by molar-refractivity contribution is 0.0792. The summed E-state index contributed by atoms with van der Waals surface area (Å²) in [5, 5.41) is 17.3. The molecule has 1 heterocycles. The summed E-state index contributed by atoms with van der Waals surface area (Å²) in [6.07, 6.45) is 1.58. The van der Waals surface area contributed by atoms with Crippen molar-refractivity contribution in [2.24, 2.45) is 0 Å². The Kier molecular flexibility index (Phi) is 4.93. The third-order valence-corrected chi connectivity index (χ3v) is 3.44. The molecule has 1 aromatic carbocycles. The number of aliphatic hydroxyl groups is 1. The van der Waals surface area contributed by atoms with Crippen LogP contribution in [-0.2, 0) is 11.3 Å². The highest BCUT2D eigenvalue weighted by Gasteiger charge is 2.17. The summed E-state index contributed by atoms with van der Waals surface area (Å²) < 4.78 is 5.22.